The number of benzene rings is 1. The van der Waals surface area contributed by atoms with Crippen LogP contribution in [0.3, 0.4) is 0 Å². The van der Waals surface area contributed by atoms with Crippen LogP contribution in [0.5, 0.6) is 0 Å². The zero-order chi connectivity index (χ0) is 15.0. The van der Waals surface area contributed by atoms with Crippen LogP contribution < -0.4 is 5.32 Å². The van der Waals surface area contributed by atoms with Crippen LogP contribution in [0.25, 0.3) is 0 Å². The third-order valence-corrected chi connectivity index (χ3v) is 4.79. The molecule has 0 saturated heterocycles. The SMILES string of the molecule is CCNC(CCC(C)(C)OC)CSc1ccc(C)cc1. The summed E-state index contributed by atoms with van der Waals surface area (Å²) < 4.78 is 5.51. The van der Waals surface area contributed by atoms with E-state index in [2.05, 4.69) is 57.3 Å². The zero-order valence-corrected chi connectivity index (χ0v) is 14.3. The Morgan fingerprint density at radius 1 is 1.25 bits per heavy atom. The lowest BCUT2D eigenvalue weighted by Crippen LogP contribution is -2.34. The van der Waals surface area contributed by atoms with E-state index < -0.39 is 0 Å². The molecule has 1 unspecified atom stereocenters. The number of ether oxygens (including phenoxy) is 1. The molecule has 2 nitrogen and oxygen atoms in total. The van der Waals surface area contributed by atoms with Crippen molar-refractivity contribution >= 4 is 11.8 Å². The Balaban J connectivity index is 2.44. The Morgan fingerprint density at radius 2 is 1.90 bits per heavy atom. The van der Waals surface area contributed by atoms with Crippen molar-refractivity contribution in [3.05, 3.63) is 29.8 Å². The number of aryl methyl sites for hydroxylation is 1. The molecule has 1 N–H and O–H groups in total. The molecule has 1 aromatic rings. The Hall–Kier alpha value is -0.510. The first-order valence-corrected chi connectivity index (χ1v) is 8.43. The second-order valence-electron chi connectivity index (χ2n) is 5.88. The van der Waals surface area contributed by atoms with Gasteiger partial charge in [-0.3, -0.25) is 0 Å². The van der Waals surface area contributed by atoms with Crippen LogP contribution in [0.1, 0.15) is 39.2 Å². The molecule has 0 aliphatic rings. The fourth-order valence-electron chi connectivity index (χ4n) is 1.99. The Bertz CT molecular complexity index is 375. The Kier molecular flexibility index (Phi) is 7.63. The molecule has 0 amide bonds. The maximum absolute atomic E-state index is 5.51. The summed E-state index contributed by atoms with van der Waals surface area (Å²) in [7, 11) is 1.79. The van der Waals surface area contributed by atoms with Gasteiger partial charge in [-0.1, -0.05) is 24.6 Å². The van der Waals surface area contributed by atoms with Crippen molar-refractivity contribution in [2.45, 2.75) is 57.1 Å². The first kappa shape index (κ1) is 17.5. The number of hydrogen-bond acceptors (Lipinski definition) is 3. The minimum atomic E-state index is -0.0256. The van der Waals surface area contributed by atoms with Crippen LogP contribution >= 0.6 is 11.8 Å². The normalized spacial score (nSPS) is 13.4. The van der Waals surface area contributed by atoms with Gasteiger partial charge in [0.1, 0.15) is 0 Å². The van der Waals surface area contributed by atoms with Gasteiger partial charge in [-0.15, -0.1) is 11.8 Å². The third kappa shape index (κ3) is 6.78. The number of methoxy groups -OCH3 is 1. The highest BCUT2D eigenvalue weighted by Crippen LogP contribution is 2.22. The molecule has 3 heteroatoms. The fourth-order valence-corrected chi connectivity index (χ4v) is 2.99. The lowest BCUT2D eigenvalue weighted by molar-refractivity contribution is 0.0122. The van der Waals surface area contributed by atoms with E-state index in [0.717, 1.165) is 25.1 Å². The quantitative estimate of drug-likeness (QED) is 0.687. The van der Waals surface area contributed by atoms with Crippen molar-refractivity contribution in [3.8, 4) is 0 Å². The molecule has 0 heterocycles. The summed E-state index contributed by atoms with van der Waals surface area (Å²) in [6.45, 7) is 9.63. The largest absolute Gasteiger partial charge is 0.379 e. The summed E-state index contributed by atoms with van der Waals surface area (Å²) in [5, 5.41) is 3.58. The summed E-state index contributed by atoms with van der Waals surface area (Å²) >= 11 is 1.93. The Morgan fingerprint density at radius 3 is 2.45 bits per heavy atom. The molecular formula is C17H29NOS. The minimum absolute atomic E-state index is 0.0256. The van der Waals surface area contributed by atoms with Crippen LogP contribution in [0, 0.1) is 6.92 Å². The van der Waals surface area contributed by atoms with Crippen LogP contribution in [-0.2, 0) is 4.74 Å². The Labute approximate surface area is 128 Å². The maximum Gasteiger partial charge on any atom is 0.0623 e. The minimum Gasteiger partial charge on any atom is -0.379 e. The lowest BCUT2D eigenvalue weighted by atomic mass is 9.99. The summed E-state index contributed by atoms with van der Waals surface area (Å²) in [4.78, 5) is 1.35. The predicted octanol–water partition coefficient (Wildman–Crippen LogP) is 4.27. The number of thioether (sulfide) groups is 1. The first-order chi connectivity index (χ1) is 9.46. The first-order valence-electron chi connectivity index (χ1n) is 7.45. The molecule has 0 aliphatic carbocycles. The average Bonchev–Trinajstić information content (AvgIpc) is 2.44. The average molecular weight is 295 g/mol. The van der Waals surface area contributed by atoms with Gasteiger partial charge < -0.3 is 10.1 Å². The van der Waals surface area contributed by atoms with E-state index in [4.69, 9.17) is 4.74 Å². The molecule has 20 heavy (non-hydrogen) atoms. The van der Waals surface area contributed by atoms with Gasteiger partial charge in [-0.2, -0.15) is 0 Å². The van der Waals surface area contributed by atoms with Gasteiger partial charge in [0.2, 0.25) is 0 Å². The molecule has 0 bridgehead atoms. The van der Waals surface area contributed by atoms with Crippen LogP contribution in [0.4, 0.5) is 0 Å². The second kappa shape index (κ2) is 8.71. The molecule has 0 saturated carbocycles. The van der Waals surface area contributed by atoms with Crippen molar-refractivity contribution in [2.24, 2.45) is 0 Å². The highest BCUT2D eigenvalue weighted by Gasteiger charge is 2.19. The van der Waals surface area contributed by atoms with Crippen LogP contribution in [0.2, 0.25) is 0 Å². The van der Waals surface area contributed by atoms with Gasteiger partial charge in [0.15, 0.2) is 0 Å². The van der Waals surface area contributed by atoms with Crippen LogP contribution in [-0.4, -0.2) is 31.1 Å². The number of hydrogen-bond donors (Lipinski definition) is 1. The van der Waals surface area contributed by atoms with E-state index in [1.807, 2.05) is 11.8 Å². The molecule has 1 aromatic carbocycles. The molecular weight excluding hydrogens is 266 g/mol. The van der Waals surface area contributed by atoms with E-state index in [1.165, 1.54) is 10.5 Å². The highest BCUT2D eigenvalue weighted by atomic mass is 32.2. The summed E-state index contributed by atoms with van der Waals surface area (Å²) in [6, 6.07) is 9.32. The standard InChI is InChI=1S/C17H29NOS/c1-6-18-15(11-12-17(3,4)19-5)13-20-16-9-7-14(2)8-10-16/h7-10,15,18H,6,11-13H2,1-5H3. The molecule has 0 aromatic heterocycles. The van der Waals surface area contributed by atoms with Crippen molar-refractivity contribution in [3.63, 3.8) is 0 Å². The van der Waals surface area contributed by atoms with E-state index in [9.17, 15) is 0 Å². The smallest absolute Gasteiger partial charge is 0.0623 e. The van der Waals surface area contributed by atoms with E-state index in [-0.39, 0.29) is 5.60 Å². The molecule has 0 fully saturated rings. The lowest BCUT2D eigenvalue weighted by Gasteiger charge is -2.26. The maximum atomic E-state index is 5.51. The number of nitrogens with one attached hydrogen (secondary N) is 1. The van der Waals surface area contributed by atoms with Gasteiger partial charge in [0, 0.05) is 23.8 Å². The molecule has 1 rings (SSSR count). The monoisotopic (exact) mass is 295 g/mol. The van der Waals surface area contributed by atoms with Crippen molar-refractivity contribution in [2.75, 3.05) is 19.4 Å². The summed E-state index contributed by atoms with van der Waals surface area (Å²) in [6.07, 6.45) is 2.23. The van der Waals surface area contributed by atoms with Crippen molar-refractivity contribution in [1.29, 1.82) is 0 Å². The predicted molar refractivity (Wildman–Crippen MR) is 89.7 cm³/mol. The van der Waals surface area contributed by atoms with E-state index in [0.29, 0.717) is 6.04 Å². The van der Waals surface area contributed by atoms with Gasteiger partial charge in [0.05, 0.1) is 5.60 Å². The van der Waals surface area contributed by atoms with E-state index in [1.54, 1.807) is 7.11 Å². The molecule has 1 atom stereocenters. The van der Waals surface area contributed by atoms with Gasteiger partial charge >= 0.3 is 0 Å². The topological polar surface area (TPSA) is 21.3 Å². The van der Waals surface area contributed by atoms with Gasteiger partial charge in [0.25, 0.3) is 0 Å². The van der Waals surface area contributed by atoms with Crippen molar-refractivity contribution in [1.82, 2.24) is 5.32 Å². The zero-order valence-electron chi connectivity index (χ0n) is 13.5. The van der Waals surface area contributed by atoms with Crippen LogP contribution in [0.15, 0.2) is 29.2 Å². The molecule has 0 aliphatic heterocycles. The van der Waals surface area contributed by atoms with Crippen molar-refractivity contribution < 1.29 is 4.74 Å². The summed E-state index contributed by atoms with van der Waals surface area (Å²) in [5.41, 5.74) is 1.29. The van der Waals surface area contributed by atoms with Gasteiger partial charge in [-0.05, 0) is 52.3 Å². The second-order valence-corrected chi connectivity index (χ2v) is 6.97. The molecule has 114 valence electrons. The third-order valence-electron chi connectivity index (χ3n) is 3.61. The summed E-state index contributed by atoms with van der Waals surface area (Å²) in [5.74, 6) is 1.11. The van der Waals surface area contributed by atoms with Gasteiger partial charge in [-0.25, -0.2) is 0 Å². The number of rotatable bonds is 9. The van der Waals surface area contributed by atoms with E-state index >= 15 is 0 Å². The molecule has 0 spiro atoms. The molecule has 0 radical (unpaired) electrons. The fraction of sp³-hybridized carbons (Fsp3) is 0.647. The highest BCUT2D eigenvalue weighted by molar-refractivity contribution is 7.99.